The molecule has 29 heavy (non-hydrogen) atoms. The molecule has 0 unspecified atom stereocenters. The lowest BCUT2D eigenvalue weighted by molar-refractivity contribution is -0.384. The molecule has 0 bridgehead atoms. The van der Waals surface area contributed by atoms with E-state index in [0.29, 0.717) is 34.5 Å². The average molecular weight is 413 g/mol. The molecule has 0 atom stereocenters. The van der Waals surface area contributed by atoms with Crippen LogP contribution in [0, 0.1) is 10.1 Å². The second-order valence-corrected chi connectivity index (χ2v) is 7.08. The Balaban J connectivity index is 1.72. The molecular formula is C20H19N3O5S. The van der Waals surface area contributed by atoms with Crippen molar-refractivity contribution in [3.8, 4) is 11.5 Å². The highest BCUT2D eigenvalue weighted by Gasteiger charge is 2.09. The zero-order chi connectivity index (χ0) is 20.8. The number of nitrogens with one attached hydrogen (secondary N) is 1. The van der Waals surface area contributed by atoms with Gasteiger partial charge in [-0.1, -0.05) is 30.0 Å². The number of methoxy groups -OCH3 is 2. The van der Waals surface area contributed by atoms with E-state index in [4.69, 9.17) is 9.47 Å². The molecule has 0 aliphatic heterocycles. The van der Waals surface area contributed by atoms with Crippen molar-refractivity contribution in [2.45, 2.75) is 17.3 Å². The van der Waals surface area contributed by atoms with Gasteiger partial charge in [-0.25, -0.2) is 4.98 Å². The summed E-state index contributed by atoms with van der Waals surface area (Å²) in [4.78, 5) is 29.6. The molecule has 0 fully saturated rings. The Labute approximate surface area is 171 Å². The average Bonchev–Trinajstić information content (AvgIpc) is 2.72. The number of aromatic amines is 1. The second kappa shape index (κ2) is 9.24. The van der Waals surface area contributed by atoms with Gasteiger partial charge in [0.05, 0.1) is 24.8 Å². The molecule has 150 valence electrons. The van der Waals surface area contributed by atoms with Crippen LogP contribution in [-0.4, -0.2) is 29.1 Å². The highest BCUT2D eigenvalue weighted by atomic mass is 32.2. The minimum absolute atomic E-state index is 0.0437. The smallest absolute Gasteiger partial charge is 0.269 e. The van der Waals surface area contributed by atoms with E-state index in [1.54, 1.807) is 26.4 Å². The zero-order valence-corrected chi connectivity index (χ0v) is 16.7. The minimum Gasteiger partial charge on any atom is -0.493 e. The summed E-state index contributed by atoms with van der Waals surface area (Å²) in [6.07, 6.45) is 0.468. The first-order valence-corrected chi connectivity index (χ1v) is 9.64. The number of nitro benzene ring substituents is 1. The number of thioether (sulfide) groups is 1. The Morgan fingerprint density at radius 1 is 1.03 bits per heavy atom. The van der Waals surface area contributed by atoms with Gasteiger partial charge in [-0.05, 0) is 23.3 Å². The van der Waals surface area contributed by atoms with Crippen molar-refractivity contribution in [1.29, 1.82) is 0 Å². The van der Waals surface area contributed by atoms with Gasteiger partial charge in [0.1, 0.15) is 0 Å². The van der Waals surface area contributed by atoms with Crippen LogP contribution in [0.5, 0.6) is 11.5 Å². The third kappa shape index (κ3) is 5.35. The van der Waals surface area contributed by atoms with Crippen LogP contribution >= 0.6 is 11.8 Å². The molecule has 0 aliphatic carbocycles. The molecular weight excluding hydrogens is 394 g/mol. The van der Waals surface area contributed by atoms with Gasteiger partial charge in [0.25, 0.3) is 11.2 Å². The predicted octanol–water partition coefficient (Wildman–Crippen LogP) is 3.58. The van der Waals surface area contributed by atoms with Crippen molar-refractivity contribution >= 4 is 17.4 Å². The lowest BCUT2D eigenvalue weighted by Gasteiger charge is -2.10. The molecule has 0 spiro atoms. The number of aromatic nitrogens is 2. The van der Waals surface area contributed by atoms with E-state index in [0.717, 1.165) is 11.1 Å². The zero-order valence-electron chi connectivity index (χ0n) is 15.9. The van der Waals surface area contributed by atoms with Crippen LogP contribution in [0.15, 0.2) is 58.5 Å². The summed E-state index contributed by atoms with van der Waals surface area (Å²) in [5.74, 6) is 1.78. The van der Waals surface area contributed by atoms with Gasteiger partial charge in [0.2, 0.25) is 0 Å². The lowest BCUT2D eigenvalue weighted by Crippen LogP contribution is -2.10. The molecule has 0 saturated heterocycles. The molecule has 1 aromatic heterocycles. The molecule has 1 heterocycles. The van der Waals surface area contributed by atoms with Gasteiger partial charge in [0.15, 0.2) is 16.7 Å². The topological polar surface area (TPSA) is 107 Å². The SMILES string of the molecule is COc1ccc(Cc2cc(=O)[nH]c(SCc3ccc([N+](=O)[O-])cc3)n2)cc1OC. The summed E-state index contributed by atoms with van der Waals surface area (Å²) < 4.78 is 10.6. The molecule has 1 N–H and O–H groups in total. The summed E-state index contributed by atoms with van der Waals surface area (Å²) in [5, 5.41) is 11.2. The molecule has 2 aromatic carbocycles. The van der Waals surface area contributed by atoms with E-state index in [-0.39, 0.29) is 11.2 Å². The Bertz CT molecular complexity index is 1070. The number of benzene rings is 2. The van der Waals surface area contributed by atoms with Gasteiger partial charge in [-0.15, -0.1) is 0 Å². The molecule has 0 aliphatic rings. The summed E-state index contributed by atoms with van der Waals surface area (Å²) in [7, 11) is 3.14. The quantitative estimate of drug-likeness (QED) is 0.260. The molecule has 0 saturated carbocycles. The first-order valence-electron chi connectivity index (χ1n) is 8.66. The Hall–Kier alpha value is -3.33. The van der Waals surface area contributed by atoms with Crippen LogP contribution in [0.2, 0.25) is 0 Å². The number of nitro groups is 1. The molecule has 3 rings (SSSR count). The van der Waals surface area contributed by atoms with Crippen molar-refractivity contribution in [3.63, 3.8) is 0 Å². The van der Waals surface area contributed by atoms with Crippen molar-refractivity contribution in [3.05, 3.63) is 85.8 Å². The Morgan fingerprint density at radius 2 is 1.72 bits per heavy atom. The normalized spacial score (nSPS) is 10.6. The summed E-state index contributed by atoms with van der Waals surface area (Å²) >= 11 is 1.36. The van der Waals surface area contributed by atoms with Crippen LogP contribution in [0.3, 0.4) is 0 Å². The monoisotopic (exact) mass is 413 g/mol. The van der Waals surface area contributed by atoms with Crippen LogP contribution in [0.1, 0.15) is 16.8 Å². The van der Waals surface area contributed by atoms with Crippen LogP contribution in [0.4, 0.5) is 5.69 Å². The lowest BCUT2D eigenvalue weighted by atomic mass is 10.1. The van der Waals surface area contributed by atoms with Gasteiger partial charge < -0.3 is 14.5 Å². The highest BCUT2D eigenvalue weighted by Crippen LogP contribution is 2.28. The number of ether oxygens (including phenoxy) is 2. The summed E-state index contributed by atoms with van der Waals surface area (Å²) in [6.45, 7) is 0. The third-order valence-electron chi connectivity index (χ3n) is 4.13. The number of H-pyrrole nitrogens is 1. The fourth-order valence-corrected chi connectivity index (χ4v) is 3.56. The molecule has 0 radical (unpaired) electrons. The maximum atomic E-state index is 12.0. The maximum Gasteiger partial charge on any atom is 0.269 e. The van der Waals surface area contributed by atoms with E-state index >= 15 is 0 Å². The number of non-ortho nitro benzene ring substituents is 1. The molecule has 9 heteroatoms. The number of rotatable bonds is 8. The number of hydrogen-bond donors (Lipinski definition) is 1. The van der Waals surface area contributed by atoms with E-state index in [1.165, 1.54) is 30.0 Å². The van der Waals surface area contributed by atoms with Crippen LogP contribution < -0.4 is 15.0 Å². The summed E-state index contributed by atoms with van der Waals surface area (Å²) in [5.41, 5.74) is 2.27. The first kappa shape index (κ1) is 20.4. The van der Waals surface area contributed by atoms with Crippen molar-refractivity contribution in [2.75, 3.05) is 14.2 Å². The molecule has 8 nitrogen and oxygen atoms in total. The highest BCUT2D eigenvalue weighted by molar-refractivity contribution is 7.98. The standard InChI is InChI=1S/C20H19N3O5S/c1-27-17-8-5-14(10-18(17)28-2)9-15-11-19(24)22-20(21-15)29-12-13-3-6-16(7-4-13)23(25)26/h3-8,10-11H,9,12H2,1-2H3,(H,21,22,24). The Kier molecular flexibility index (Phi) is 6.50. The van der Waals surface area contributed by atoms with Gasteiger partial charge in [0, 0.05) is 30.4 Å². The first-order chi connectivity index (χ1) is 14.0. The van der Waals surface area contributed by atoms with E-state index < -0.39 is 4.92 Å². The van der Waals surface area contributed by atoms with Crippen LogP contribution in [-0.2, 0) is 12.2 Å². The fourth-order valence-electron chi connectivity index (χ4n) is 2.71. The van der Waals surface area contributed by atoms with E-state index in [1.807, 2.05) is 18.2 Å². The number of hydrogen-bond acceptors (Lipinski definition) is 7. The predicted molar refractivity (Wildman–Crippen MR) is 110 cm³/mol. The van der Waals surface area contributed by atoms with Gasteiger partial charge >= 0.3 is 0 Å². The van der Waals surface area contributed by atoms with Crippen molar-refractivity contribution in [2.24, 2.45) is 0 Å². The van der Waals surface area contributed by atoms with E-state index in [2.05, 4.69) is 9.97 Å². The molecule has 0 amide bonds. The van der Waals surface area contributed by atoms with E-state index in [9.17, 15) is 14.9 Å². The number of nitrogens with zero attached hydrogens (tertiary/aromatic N) is 2. The minimum atomic E-state index is -0.437. The van der Waals surface area contributed by atoms with Gasteiger partial charge in [-0.2, -0.15) is 0 Å². The second-order valence-electron chi connectivity index (χ2n) is 6.12. The fraction of sp³-hybridized carbons (Fsp3) is 0.200. The van der Waals surface area contributed by atoms with Crippen molar-refractivity contribution < 1.29 is 14.4 Å². The van der Waals surface area contributed by atoms with Gasteiger partial charge in [-0.3, -0.25) is 14.9 Å². The maximum absolute atomic E-state index is 12.0. The van der Waals surface area contributed by atoms with Crippen molar-refractivity contribution in [1.82, 2.24) is 9.97 Å². The summed E-state index contributed by atoms with van der Waals surface area (Å²) in [6, 6.07) is 13.3. The largest absolute Gasteiger partial charge is 0.493 e. The Morgan fingerprint density at radius 3 is 2.38 bits per heavy atom. The third-order valence-corrected chi connectivity index (χ3v) is 5.07. The molecule has 3 aromatic rings. The van der Waals surface area contributed by atoms with Crippen LogP contribution in [0.25, 0.3) is 0 Å².